The number of amides is 2. The maximum atomic E-state index is 10.9. The van der Waals surface area contributed by atoms with E-state index in [2.05, 4.69) is 17.2 Å². The van der Waals surface area contributed by atoms with Crippen LogP contribution in [0.2, 0.25) is 0 Å². The average molecular weight is 186 g/mol. The minimum absolute atomic E-state index is 0.0332. The van der Waals surface area contributed by atoms with Crippen molar-refractivity contribution in [3.05, 3.63) is 12.7 Å². The molecule has 0 aromatic heterocycles. The molecule has 0 bridgehead atoms. The minimum Gasteiger partial charge on any atom is -0.383 e. The highest BCUT2D eigenvalue weighted by atomic mass is 16.5. The lowest BCUT2D eigenvalue weighted by Gasteiger charge is -2.04. The second-order valence-corrected chi connectivity index (χ2v) is 2.26. The first-order valence-electron chi connectivity index (χ1n) is 3.86. The van der Waals surface area contributed by atoms with Gasteiger partial charge in [0.05, 0.1) is 13.2 Å². The van der Waals surface area contributed by atoms with E-state index >= 15 is 0 Å². The third kappa shape index (κ3) is 7.02. The maximum absolute atomic E-state index is 10.9. The van der Waals surface area contributed by atoms with E-state index in [9.17, 15) is 9.59 Å². The molecule has 5 heteroatoms. The van der Waals surface area contributed by atoms with Crippen molar-refractivity contribution in [2.75, 3.05) is 26.8 Å². The normalized spacial score (nSPS) is 9.00. The fourth-order valence-electron chi connectivity index (χ4n) is 0.595. The van der Waals surface area contributed by atoms with E-state index in [4.69, 9.17) is 4.74 Å². The van der Waals surface area contributed by atoms with Crippen molar-refractivity contribution in [1.82, 2.24) is 10.6 Å². The van der Waals surface area contributed by atoms with Crippen LogP contribution >= 0.6 is 0 Å². The summed E-state index contributed by atoms with van der Waals surface area (Å²) in [5, 5.41) is 4.90. The SMILES string of the molecule is C=CC(=O)NCC(=O)NCCOC. The predicted molar refractivity (Wildman–Crippen MR) is 48.1 cm³/mol. The summed E-state index contributed by atoms with van der Waals surface area (Å²) in [6.45, 7) is 4.12. The number of hydrogen-bond donors (Lipinski definition) is 2. The molecule has 0 radical (unpaired) electrons. The first kappa shape index (κ1) is 11.6. The summed E-state index contributed by atoms with van der Waals surface area (Å²) in [5.74, 6) is -0.603. The number of rotatable bonds is 6. The Kier molecular flexibility index (Phi) is 6.53. The molecule has 0 aliphatic carbocycles. The second-order valence-electron chi connectivity index (χ2n) is 2.26. The topological polar surface area (TPSA) is 67.4 Å². The Balaban J connectivity index is 3.40. The molecule has 0 heterocycles. The van der Waals surface area contributed by atoms with Crippen molar-refractivity contribution < 1.29 is 14.3 Å². The highest BCUT2D eigenvalue weighted by Gasteiger charge is 2.00. The van der Waals surface area contributed by atoms with Crippen molar-refractivity contribution >= 4 is 11.8 Å². The number of hydrogen-bond acceptors (Lipinski definition) is 3. The maximum Gasteiger partial charge on any atom is 0.243 e. The van der Waals surface area contributed by atoms with E-state index in [0.717, 1.165) is 6.08 Å². The standard InChI is InChI=1S/C8H14N2O3/c1-3-7(11)10-6-8(12)9-4-5-13-2/h3H,1,4-6H2,2H3,(H,9,12)(H,10,11). The summed E-state index contributed by atoms with van der Waals surface area (Å²) in [4.78, 5) is 21.5. The molecule has 5 nitrogen and oxygen atoms in total. The molecule has 13 heavy (non-hydrogen) atoms. The zero-order valence-electron chi connectivity index (χ0n) is 7.63. The van der Waals surface area contributed by atoms with Crippen molar-refractivity contribution in [3.63, 3.8) is 0 Å². The Bertz CT molecular complexity index is 192. The summed E-state index contributed by atoms with van der Waals surface area (Å²) in [6.07, 6.45) is 1.11. The molecule has 0 saturated heterocycles. The Morgan fingerprint density at radius 3 is 2.69 bits per heavy atom. The van der Waals surface area contributed by atoms with Crippen LogP contribution < -0.4 is 10.6 Å². The van der Waals surface area contributed by atoms with Crippen LogP contribution in [-0.4, -0.2) is 38.6 Å². The largest absolute Gasteiger partial charge is 0.383 e. The smallest absolute Gasteiger partial charge is 0.243 e. The van der Waals surface area contributed by atoms with Gasteiger partial charge in [-0.25, -0.2) is 0 Å². The van der Waals surface area contributed by atoms with Gasteiger partial charge in [-0.15, -0.1) is 0 Å². The monoisotopic (exact) mass is 186 g/mol. The number of carbonyl (C=O) groups is 2. The molecule has 2 amide bonds. The van der Waals surface area contributed by atoms with Gasteiger partial charge in [-0.3, -0.25) is 9.59 Å². The quantitative estimate of drug-likeness (QED) is 0.415. The molecule has 2 N–H and O–H groups in total. The molecule has 74 valence electrons. The van der Waals surface area contributed by atoms with Gasteiger partial charge in [0, 0.05) is 13.7 Å². The second kappa shape index (κ2) is 7.30. The third-order valence-electron chi connectivity index (χ3n) is 1.24. The Labute approximate surface area is 77.1 Å². The Hall–Kier alpha value is -1.36. The van der Waals surface area contributed by atoms with E-state index in [1.54, 1.807) is 7.11 Å². The van der Waals surface area contributed by atoms with Gasteiger partial charge in [0.1, 0.15) is 0 Å². The summed E-state index contributed by atoms with van der Waals surface area (Å²) in [6, 6.07) is 0. The van der Waals surface area contributed by atoms with Gasteiger partial charge in [-0.2, -0.15) is 0 Å². The van der Waals surface area contributed by atoms with Crippen LogP contribution in [-0.2, 0) is 14.3 Å². The average Bonchev–Trinajstić information content (AvgIpc) is 2.14. The molecule has 0 aromatic carbocycles. The zero-order chi connectivity index (χ0) is 10.1. The highest BCUT2D eigenvalue weighted by molar-refractivity contribution is 5.90. The van der Waals surface area contributed by atoms with Crippen LogP contribution in [0.5, 0.6) is 0 Å². The first-order chi connectivity index (χ1) is 6.20. The van der Waals surface area contributed by atoms with E-state index in [0.29, 0.717) is 13.2 Å². The van der Waals surface area contributed by atoms with Gasteiger partial charge >= 0.3 is 0 Å². The molecule has 0 aliphatic rings. The van der Waals surface area contributed by atoms with Crippen molar-refractivity contribution in [3.8, 4) is 0 Å². The van der Waals surface area contributed by atoms with Gasteiger partial charge in [0.2, 0.25) is 11.8 Å². The van der Waals surface area contributed by atoms with Crippen molar-refractivity contribution in [1.29, 1.82) is 0 Å². The molecule has 0 aliphatic heterocycles. The number of methoxy groups -OCH3 is 1. The van der Waals surface area contributed by atoms with Gasteiger partial charge in [-0.1, -0.05) is 6.58 Å². The molecule has 0 atom stereocenters. The lowest BCUT2D eigenvalue weighted by Crippen LogP contribution is -2.37. The van der Waals surface area contributed by atoms with Gasteiger partial charge < -0.3 is 15.4 Å². The van der Waals surface area contributed by atoms with Crippen LogP contribution in [0.3, 0.4) is 0 Å². The molecule has 0 spiro atoms. The summed E-state index contributed by atoms with van der Waals surface area (Å²) in [5.41, 5.74) is 0. The summed E-state index contributed by atoms with van der Waals surface area (Å²) >= 11 is 0. The zero-order valence-corrected chi connectivity index (χ0v) is 7.63. The molecule has 0 aromatic rings. The van der Waals surface area contributed by atoms with E-state index in [1.165, 1.54) is 0 Å². The Morgan fingerprint density at radius 1 is 1.46 bits per heavy atom. The number of ether oxygens (including phenoxy) is 1. The summed E-state index contributed by atoms with van der Waals surface area (Å²) < 4.78 is 4.72. The van der Waals surface area contributed by atoms with Gasteiger partial charge in [0.15, 0.2) is 0 Å². The lowest BCUT2D eigenvalue weighted by atomic mass is 10.5. The van der Waals surface area contributed by atoms with E-state index in [1.807, 2.05) is 0 Å². The molecule has 0 saturated carbocycles. The predicted octanol–water partition coefficient (Wildman–Crippen LogP) is -0.949. The summed E-state index contributed by atoms with van der Waals surface area (Å²) in [7, 11) is 1.55. The van der Waals surface area contributed by atoms with Crippen LogP contribution in [0.25, 0.3) is 0 Å². The van der Waals surface area contributed by atoms with E-state index < -0.39 is 0 Å². The number of nitrogens with one attached hydrogen (secondary N) is 2. The fraction of sp³-hybridized carbons (Fsp3) is 0.500. The third-order valence-corrected chi connectivity index (χ3v) is 1.24. The van der Waals surface area contributed by atoms with Gasteiger partial charge in [0.25, 0.3) is 0 Å². The first-order valence-corrected chi connectivity index (χ1v) is 3.86. The van der Waals surface area contributed by atoms with Gasteiger partial charge in [-0.05, 0) is 6.08 Å². The van der Waals surface area contributed by atoms with Crippen molar-refractivity contribution in [2.24, 2.45) is 0 Å². The number of carbonyl (C=O) groups excluding carboxylic acids is 2. The minimum atomic E-state index is -0.359. The molecule has 0 fully saturated rings. The molecular weight excluding hydrogens is 172 g/mol. The van der Waals surface area contributed by atoms with Crippen LogP contribution in [0.1, 0.15) is 0 Å². The van der Waals surface area contributed by atoms with Crippen molar-refractivity contribution in [2.45, 2.75) is 0 Å². The Morgan fingerprint density at radius 2 is 2.15 bits per heavy atom. The highest BCUT2D eigenvalue weighted by Crippen LogP contribution is 1.69. The molecular formula is C8H14N2O3. The van der Waals surface area contributed by atoms with Crippen LogP contribution in [0.15, 0.2) is 12.7 Å². The van der Waals surface area contributed by atoms with E-state index in [-0.39, 0.29) is 18.4 Å². The van der Waals surface area contributed by atoms with Crippen LogP contribution in [0, 0.1) is 0 Å². The van der Waals surface area contributed by atoms with Crippen LogP contribution in [0.4, 0.5) is 0 Å². The molecule has 0 rings (SSSR count). The lowest BCUT2D eigenvalue weighted by molar-refractivity contribution is -0.124. The molecule has 0 unspecified atom stereocenters. The fourth-order valence-corrected chi connectivity index (χ4v) is 0.595.